The number of hydrogen-bond donors (Lipinski definition) is 2. The first-order chi connectivity index (χ1) is 16.5. The van der Waals surface area contributed by atoms with Crippen molar-refractivity contribution in [3.05, 3.63) is 64.7 Å². The Labute approximate surface area is 201 Å². The van der Waals surface area contributed by atoms with Gasteiger partial charge in [0.15, 0.2) is 0 Å². The Morgan fingerprint density at radius 2 is 1.59 bits per heavy atom. The van der Waals surface area contributed by atoms with Crippen LogP contribution >= 0.6 is 0 Å². The van der Waals surface area contributed by atoms with E-state index < -0.39 is 6.10 Å². The van der Waals surface area contributed by atoms with Gasteiger partial charge in [-0.3, -0.25) is 0 Å². The first-order valence-corrected chi connectivity index (χ1v) is 12.2. The fourth-order valence-corrected chi connectivity index (χ4v) is 6.78. The van der Waals surface area contributed by atoms with Crippen LogP contribution in [0.15, 0.2) is 42.5 Å². The number of benzene rings is 2. The number of carbonyl (C=O) groups is 1. The molecule has 2 N–H and O–H groups in total. The molecule has 2 aromatic rings. The van der Waals surface area contributed by atoms with Gasteiger partial charge in [-0.05, 0) is 104 Å². The number of carbonyl (C=O) groups excluding carboxylic acids is 1. The monoisotopic (exact) mass is 460 g/mol. The molecule has 34 heavy (non-hydrogen) atoms. The summed E-state index contributed by atoms with van der Waals surface area (Å²) in [4.78, 5) is 11.7. The number of aliphatic hydroxyl groups is 2. The molecule has 0 saturated heterocycles. The minimum Gasteiger partial charge on any atom is -0.490 e. The summed E-state index contributed by atoms with van der Waals surface area (Å²) < 4.78 is 10.8. The lowest BCUT2D eigenvalue weighted by atomic mass is 9.48. The van der Waals surface area contributed by atoms with Crippen molar-refractivity contribution < 1.29 is 24.5 Å². The van der Waals surface area contributed by atoms with Gasteiger partial charge in [0, 0.05) is 16.7 Å². The van der Waals surface area contributed by atoms with Crippen LogP contribution in [-0.4, -0.2) is 42.6 Å². The molecule has 178 valence electrons. The number of ether oxygens (including phenoxy) is 2. The molecular weight excluding hydrogens is 428 g/mol. The van der Waals surface area contributed by atoms with Crippen molar-refractivity contribution in [2.45, 2.75) is 50.0 Å². The third-order valence-electron chi connectivity index (χ3n) is 7.89. The van der Waals surface area contributed by atoms with Crippen molar-refractivity contribution in [3.8, 4) is 17.6 Å². The number of aliphatic hydroxyl groups excluding tert-OH is 2. The zero-order valence-electron chi connectivity index (χ0n) is 19.6. The molecule has 6 rings (SSSR count). The summed E-state index contributed by atoms with van der Waals surface area (Å²) in [5, 5.41) is 19.1. The maximum absolute atomic E-state index is 11.7. The van der Waals surface area contributed by atoms with E-state index >= 15 is 0 Å². The average Bonchev–Trinajstić information content (AvgIpc) is 2.85. The quantitative estimate of drug-likeness (QED) is 0.502. The summed E-state index contributed by atoms with van der Waals surface area (Å²) >= 11 is 0. The van der Waals surface area contributed by atoms with Crippen molar-refractivity contribution in [1.82, 2.24) is 0 Å². The van der Waals surface area contributed by atoms with Crippen LogP contribution in [0.5, 0.6) is 5.75 Å². The van der Waals surface area contributed by atoms with Gasteiger partial charge in [-0.1, -0.05) is 11.8 Å². The van der Waals surface area contributed by atoms with Crippen molar-refractivity contribution in [1.29, 1.82) is 0 Å². The van der Waals surface area contributed by atoms with Gasteiger partial charge in [-0.2, -0.15) is 0 Å². The van der Waals surface area contributed by atoms with Gasteiger partial charge in [0.05, 0.1) is 19.3 Å². The van der Waals surface area contributed by atoms with Crippen LogP contribution in [0.1, 0.15) is 65.6 Å². The van der Waals surface area contributed by atoms with E-state index in [0.717, 1.165) is 34.6 Å². The standard InChI is InChI=1S/C29H32O5/c1-33-28(32)24-7-4-19(5-8-24)2-3-20-6-9-27(34-18-25(31)17-30)26(13-20)29-14-21-10-22(15-29)12-23(11-21)16-29/h4-9,13,21-23,25,30-31H,10-12,14-18H2,1H3. The molecule has 4 aliphatic rings. The van der Waals surface area contributed by atoms with Crippen molar-refractivity contribution >= 4 is 5.97 Å². The van der Waals surface area contributed by atoms with Gasteiger partial charge in [0.25, 0.3) is 0 Å². The highest BCUT2D eigenvalue weighted by atomic mass is 16.5. The zero-order valence-corrected chi connectivity index (χ0v) is 19.6. The molecule has 4 aliphatic carbocycles. The molecule has 4 bridgehead atoms. The summed E-state index contributed by atoms with van der Waals surface area (Å²) in [6.07, 6.45) is 6.79. The third kappa shape index (κ3) is 4.58. The Hall–Kier alpha value is -2.81. The lowest BCUT2D eigenvalue weighted by Gasteiger charge is -2.57. The summed E-state index contributed by atoms with van der Waals surface area (Å²) in [7, 11) is 1.37. The van der Waals surface area contributed by atoms with Gasteiger partial charge in [0.1, 0.15) is 18.5 Å². The largest absolute Gasteiger partial charge is 0.490 e. The van der Waals surface area contributed by atoms with Gasteiger partial charge < -0.3 is 19.7 Å². The molecular formula is C29H32O5. The topological polar surface area (TPSA) is 76.0 Å². The first-order valence-electron chi connectivity index (χ1n) is 12.2. The minimum absolute atomic E-state index is 0.0768. The lowest BCUT2D eigenvalue weighted by molar-refractivity contribution is -0.00738. The van der Waals surface area contributed by atoms with Crippen molar-refractivity contribution in [2.75, 3.05) is 20.3 Å². The Kier molecular flexibility index (Phi) is 6.38. The fourth-order valence-electron chi connectivity index (χ4n) is 6.78. The molecule has 1 atom stereocenters. The third-order valence-corrected chi connectivity index (χ3v) is 7.89. The van der Waals surface area contributed by atoms with Crippen LogP contribution < -0.4 is 4.74 Å². The maximum Gasteiger partial charge on any atom is 0.337 e. The second-order valence-corrected chi connectivity index (χ2v) is 10.4. The van der Waals surface area contributed by atoms with E-state index in [0.29, 0.717) is 5.56 Å². The van der Waals surface area contributed by atoms with Gasteiger partial charge in [-0.15, -0.1) is 0 Å². The summed E-state index contributed by atoms with van der Waals surface area (Å²) in [6, 6.07) is 13.2. The molecule has 0 heterocycles. The van der Waals surface area contributed by atoms with Crippen LogP contribution in [0.2, 0.25) is 0 Å². The minimum atomic E-state index is -0.892. The van der Waals surface area contributed by atoms with E-state index in [2.05, 4.69) is 17.9 Å². The van der Waals surface area contributed by atoms with Gasteiger partial charge in [-0.25, -0.2) is 4.79 Å². The van der Waals surface area contributed by atoms with Crippen molar-refractivity contribution in [3.63, 3.8) is 0 Å². The lowest BCUT2D eigenvalue weighted by Crippen LogP contribution is -2.48. The summed E-state index contributed by atoms with van der Waals surface area (Å²) in [5.41, 5.74) is 3.59. The number of rotatable bonds is 6. The molecule has 0 spiro atoms. The molecule has 0 aliphatic heterocycles. The molecule has 4 saturated carbocycles. The van der Waals surface area contributed by atoms with Crippen LogP contribution in [0.4, 0.5) is 0 Å². The molecule has 4 fully saturated rings. The van der Waals surface area contributed by atoms with E-state index in [1.807, 2.05) is 24.3 Å². The van der Waals surface area contributed by atoms with Crippen LogP contribution in [0.25, 0.3) is 0 Å². The Morgan fingerprint density at radius 1 is 1.00 bits per heavy atom. The molecule has 0 amide bonds. The highest BCUT2D eigenvalue weighted by Crippen LogP contribution is 2.61. The average molecular weight is 461 g/mol. The Morgan fingerprint density at radius 3 is 2.18 bits per heavy atom. The molecule has 1 unspecified atom stereocenters. The van der Waals surface area contributed by atoms with Crippen LogP contribution in [0.3, 0.4) is 0 Å². The predicted octanol–water partition coefficient (Wildman–Crippen LogP) is 4.07. The van der Waals surface area contributed by atoms with E-state index in [1.165, 1.54) is 51.2 Å². The van der Waals surface area contributed by atoms with E-state index in [1.54, 1.807) is 12.1 Å². The molecule has 2 aromatic carbocycles. The summed E-state index contributed by atoms with van der Waals surface area (Å²) in [5.74, 6) is 9.33. The van der Waals surface area contributed by atoms with Crippen LogP contribution in [0, 0.1) is 29.6 Å². The number of esters is 1. The smallest absolute Gasteiger partial charge is 0.337 e. The molecule has 5 heteroatoms. The van der Waals surface area contributed by atoms with Crippen molar-refractivity contribution in [2.24, 2.45) is 17.8 Å². The SMILES string of the molecule is COC(=O)c1ccc(C#Cc2ccc(OCC(O)CO)c(C34CC5CC(CC(C5)C3)C4)c2)cc1. The molecule has 5 nitrogen and oxygen atoms in total. The van der Waals surface area contributed by atoms with E-state index in [4.69, 9.17) is 9.47 Å². The fraction of sp³-hybridized carbons (Fsp3) is 0.483. The maximum atomic E-state index is 11.7. The molecule has 0 radical (unpaired) electrons. The van der Waals surface area contributed by atoms with E-state index in [-0.39, 0.29) is 24.6 Å². The summed E-state index contributed by atoms with van der Waals surface area (Å²) in [6.45, 7) is -0.238. The van der Waals surface area contributed by atoms with Gasteiger partial charge in [0.2, 0.25) is 0 Å². The van der Waals surface area contributed by atoms with Crippen LogP contribution in [-0.2, 0) is 10.2 Å². The Balaban J connectivity index is 1.45. The second-order valence-electron chi connectivity index (χ2n) is 10.4. The van der Waals surface area contributed by atoms with E-state index in [9.17, 15) is 15.0 Å². The Bertz CT molecular complexity index is 1070. The highest BCUT2D eigenvalue weighted by molar-refractivity contribution is 5.89. The van der Waals surface area contributed by atoms with Gasteiger partial charge >= 0.3 is 5.97 Å². The number of hydrogen-bond acceptors (Lipinski definition) is 5. The highest BCUT2D eigenvalue weighted by Gasteiger charge is 2.52. The zero-order chi connectivity index (χ0) is 23.7. The number of methoxy groups -OCH3 is 1. The normalized spacial score (nSPS) is 27.6. The second kappa shape index (κ2) is 9.44. The molecule has 0 aromatic heterocycles. The first kappa shape index (κ1) is 23.0. The predicted molar refractivity (Wildman–Crippen MR) is 129 cm³/mol.